The second-order valence-corrected chi connectivity index (χ2v) is 4.40. The minimum atomic E-state index is -0.296. The van der Waals surface area contributed by atoms with Gasteiger partial charge in [-0.1, -0.05) is 12.1 Å². The molecule has 1 unspecified atom stereocenters. The van der Waals surface area contributed by atoms with Gasteiger partial charge in [0.2, 0.25) is 5.91 Å². The summed E-state index contributed by atoms with van der Waals surface area (Å²) in [5.41, 5.74) is 7.12. The molecule has 1 aliphatic heterocycles. The molecule has 1 aromatic carbocycles. The van der Waals surface area contributed by atoms with Gasteiger partial charge in [-0.15, -0.1) is 0 Å². The fourth-order valence-electron chi connectivity index (χ4n) is 2.14. The molecule has 1 fully saturated rings. The summed E-state index contributed by atoms with van der Waals surface area (Å²) in [4.78, 5) is 13.4. The van der Waals surface area contributed by atoms with E-state index in [9.17, 15) is 4.79 Å². The van der Waals surface area contributed by atoms with Crippen molar-refractivity contribution < 1.29 is 4.79 Å². The van der Waals surface area contributed by atoms with Crippen LogP contribution in [-0.2, 0) is 11.3 Å². The summed E-state index contributed by atoms with van der Waals surface area (Å²) < 4.78 is 0. The number of benzene rings is 1. The van der Waals surface area contributed by atoms with Crippen molar-refractivity contribution in [1.29, 1.82) is 5.26 Å². The Hall–Kier alpha value is -1.90. The lowest BCUT2D eigenvalue weighted by Crippen LogP contribution is -2.56. The van der Waals surface area contributed by atoms with Crippen LogP contribution in [0.3, 0.4) is 0 Å². The molecule has 1 saturated heterocycles. The van der Waals surface area contributed by atoms with Crippen molar-refractivity contribution >= 4 is 5.91 Å². The molecule has 1 amide bonds. The Morgan fingerprint density at radius 1 is 1.50 bits per heavy atom. The molecule has 0 aliphatic carbocycles. The number of carbonyl (C=O) groups is 1. The van der Waals surface area contributed by atoms with E-state index in [0.29, 0.717) is 18.7 Å². The zero-order chi connectivity index (χ0) is 13.0. The number of nitrogens with zero attached hydrogens (tertiary/aromatic N) is 2. The van der Waals surface area contributed by atoms with Crippen LogP contribution in [0.15, 0.2) is 24.3 Å². The van der Waals surface area contributed by atoms with Gasteiger partial charge in [-0.05, 0) is 17.7 Å². The first kappa shape index (κ1) is 12.6. The lowest BCUT2D eigenvalue weighted by Gasteiger charge is -2.34. The Morgan fingerprint density at radius 3 is 2.83 bits per heavy atom. The van der Waals surface area contributed by atoms with Crippen molar-refractivity contribution in [3.8, 4) is 6.07 Å². The molecule has 0 radical (unpaired) electrons. The molecule has 0 saturated carbocycles. The SMILES string of the molecule is N#Cc1ccc(CN2CCNCC2C(N)=O)cc1. The van der Waals surface area contributed by atoms with E-state index in [0.717, 1.165) is 18.7 Å². The van der Waals surface area contributed by atoms with Crippen molar-refractivity contribution in [2.75, 3.05) is 19.6 Å². The Kier molecular flexibility index (Phi) is 3.92. The van der Waals surface area contributed by atoms with Crippen LogP contribution in [0.4, 0.5) is 0 Å². The van der Waals surface area contributed by atoms with Gasteiger partial charge in [0.05, 0.1) is 11.6 Å². The van der Waals surface area contributed by atoms with Crippen molar-refractivity contribution in [2.24, 2.45) is 5.73 Å². The van der Waals surface area contributed by atoms with Crippen molar-refractivity contribution in [1.82, 2.24) is 10.2 Å². The molecular weight excluding hydrogens is 228 g/mol. The van der Waals surface area contributed by atoms with Gasteiger partial charge in [0.25, 0.3) is 0 Å². The Bertz CT molecular complexity index is 463. The van der Waals surface area contributed by atoms with Crippen LogP contribution in [-0.4, -0.2) is 36.5 Å². The number of rotatable bonds is 3. The molecule has 2 rings (SSSR count). The van der Waals surface area contributed by atoms with E-state index in [1.165, 1.54) is 0 Å². The maximum absolute atomic E-state index is 11.4. The van der Waals surface area contributed by atoms with Gasteiger partial charge >= 0.3 is 0 Å². The monoisotopic (exact) mass is 244 g/mol. The highest BCUT2D eigenvalue weighted by atomic mass is 16.1. The summed E-state index contributed by atoms with van der Waals surface area (Å²) in [6.07, 6.45) is 0. The van der Waals surface area contributed by atoms with Crippen LogP contribution in [0.1, 0.15) is 11.1 Å². The minimum absolute atomic E-state index is 0.255. The summed E-state index contributed by atoms with van der Waals surface area (Å²) in [7, 11) is 0. The lowest BCUT2D eigenvalue weighted by atomic mass is 10.1. The first-order chi connectivity index (χ1) is 8.70. The van der Waals surface area contributed by atoms with Crippen LogP contribution in [0.25, 0.3) is 0 Å². The first-order valence-corrected chi connectivity index (χ1v) is 5.94. The van der Waals surface area contributed by atoms with Crippen molar-refractivity contribution in [3.63, 3.8) is 0 Å². The highest BCUT2D eigenvalue weighted by Gasteiger charge is 2.26. The maximum atomic E-state index is 11.4. The van der Waals surface area contributed by atoms with Gasteiger partial charge in [0, 0.05) is 26.2 Å². The van der Waals surface area contributed by atoms with Crippen molar-refractivity contribution in [2.45, 2.75) is 12.6 Å². The summed E-state index contributed by atoms with van der Waals surface area (Å²) >= 11 is 0. The van der Waals surface area contributed by atoms with Gasteiger partial charge < -0.3 is 11.1 Å². The molecule has 1 heterocycles. The third kappa shape index (κ3) is 2.86. The van der Waals surface area contributed by atoms with E-state index >= 15 is 0 Å². The number of piperazine rings is 1. The van der Waals surface area contributed by atoms with Gasteiger partial charge in [-0.3, -0.25) is 9.69 Å². The number of nitrogens with two attached hydrogens (primary N) is 1. The van der Waals surface area contributed by atoms with E-state index in [4.69, 9.17) is 11.0 Å². The number of nitriles is 1. The molecule has 1 aliphatic rings. The van der Waals surface area contributed by atoms with E-state index < -0.39 is 0 Å². The number of hydrogen-bond donors (Lipinski definition) is 2. The largest absolute Gasteiger partial charge is 0.368 e. The molecular formula is C13H16N4O. The van der Waals surface area contributed by atoms with Gasteiger partial charge in [0.15, 0.2) is 0 Å². The van der Waals surface area contributed by atoms with Crippen LogP contribution in [0.2, 0.25) is 0 Å². The first-order valence-electron chi connectivity index (χ1n) is 5.94. The van der Waals surface area contributed by atoms with Crippen molar-refractivity contribution in [3.05, 3.63) is 35.4 Å². The summed E-state index contributed by atoms with van der Waals surface area (Å²) in [6, 6.07) is 9.24. The predicted molar refractivity (Wildman–Crippen MR) is 67.4 cm³/mol. The molecule has 3 N–H and O–H groups in total. The lowest BCUT2D eigenvalue weighted by molar-refractivity contribution is -0.124. The average molecular weight is 244 g/mol. The average Bonchev–Trinajstić information content (AvgIpc) is 2.40. The summed E-state index contributed by atoms with van der Waals surface area (Å²) in [6.45, 7) is 2.94. The van der Waals surface area contributed by atoms with Crippen LogP contribution >= 0.6 is 0 Å². The fourth-order valence-corrected chi connectivity index (χ4v) is 2.14. The van der Waals surface area contributed by atoms with Gasteiger partial charge in [-0.2, -0.15) is 5.26 Å². The number of carbonyl (C=O) groups excluding carboxylic acids is 1. The topological polar surface area (TPSA) is 82.2 Å². The highest BCUT2D eigenvalue weighted by Crippen LogP contribution is 2.11. The molecule has 1 aromatic rings. The zero-order valence-corrected chi connectivity index (χ0v) is 10.1. The molecule has 0 aromatic heterocycles. The predicted octanol–water partition coefficient (Wildman–Crippen LogP) is -0.183. The number of primary amides is 1. The molecule has 18 heavy (non-hydrogen) atoms. The quantitative estimate of drug-likeness (QED) is 0.772. The van der Waals surface area contributed by atoms with Crippen LogP contribution in [0, 0.1) is 11.3 Å². The number of hydrogen-bond acceptors (Lipinski definition) is 4. The van der Waals surface area contributed by atoms with Crippen LogP contribution in [0.5, 0.6) is 0 Å². The third-order valence-electron chi connectivity index (χ3n) is 3.15. The number of nitrogens with one attached hydrogen (secondary N) is 1. The van der Waals surface area contributed by atoms with Crippen LogP contribution < -0.4 is 11.1 Å². The van der Waals surface area contributed by atoms with E-state index in [1.54, 1.807) is 12.1 Å². The molecule has 5 nitrogen and oxygen atoms in total. The van der Waals surface area contributed by atoms with Gasteiger partial charge in [0.1, 0.15) is 6.04 Å². The Labute approximate surface area is 106 Å². The normalized spacial score (nSPS) is 20.3. The maximum Gasteiger partial charge on any atom is 0.236 e. The molecule has 0 spiro atoms. The van der Waals surface area contributed by atoms with E-state index in [2.05, 4.69) is 16.3 Å². The highest BCUT2D eigenvalue weighted by molar-refractivity contribution is 5.80. The van der Waals surface area contributed by atoms with Gasteiger partial charge in [-0.25, -0.2) is 0 Å². The fraction of sp³-hybridized carbons (Fsp3) is 0.385. The zero-order valence-electron chi connectivity index (χ0n) is 10.1. The third-order valence-corrected chi connectivity index (χ3v) is 3.15. The second kappa shape index (κ2) is 5.63. The molecule has 1 atom stereocenters. The van der Waals surface area contributed by atoms with E-state index in [-0.39, 0.29) is 11.9 Å². The standard InChI is InChI=1S/C13H16N4O/c14-7-10-1-3-11(4-2-10)9-17-6-5-16-8-12(17)13(15)18/h1-4,12,16H,5-6,8-9H2,(H2,15,18). The number of amides is 1. The summed E-state index contributed by atoms with van der Waals surface area (Å²) in [5.74, 6) is -0.296. The Morgan fingerprint density at radius 2 is 2.22 bits per heavy atom. The smallest absolute Gasteiger partial charge is 0.236 e. The molecule has 5 heteroatoms. The molecule has 94 valence electrons. The molecule has 0 bridgehead atoms. The second-order valence-electron chi connectivity index (χ2n) is 4.40. The van der Waals surface area contributed by atoms with E-state index in [1.807, 2.05) is 12.1 Å². The Balaban J connectivity index is 2.06. The summed E-state index contributed by atoms with van der Waals surface area (Å²) in [5, 5.41) is 11.9. The minimum Gasteiger partial charge on any atom is -0.368 e.